The third kappa shape index (κ3) is 4.27. The Labute approximate surface area is 198 Å². The number of rotatable bonds is 5. The molecular weight excluding hydrogens is 420 g/mol. The third-order valence-corrected chi connectivity index (χ3v) is 9.47. The molecule has 186 valence electrons. The molecule has 0 aromatic heterocycles. The maximum Gasteiger partial charge on any atom is 0.303 e. The molecule has 4 rings (SSSR count). The van der Waals surface area contributed by atoms with Crippen molar-refractivity contribution in [1.82, 2.24) is 0 Å². The summed E-state index contributed by atoms with van der Waals surface area (Å²) >= 11 is 0. The minimum absolute atomic E-state index is 0.0616. The van der Waals surface area contributed by atoms with Crippen LogP contribution in [0.2, 0.25) is 0 Å². The molecule has 0 amide bonds. The van der Waals surface area contributed by atoms with Gasteiger partial charge < -0.3 is 19.3 Å². The molecule has 0 spiro atoms. The topological polar surface area (TPSA) is 82.1 Å². The number of carbonyl (C=O) groups is 2. The maximum absolute atomic E-state index is 12.3. The van der Waals surface area contributed by atoms with Crippen molar-refractivity contribution in [2.75, 3.05) is 0 Å². The lowest BCUT2D eigenvalue weighted by Crippen LogP contribution is -2.61. The van der Waals surface area contributed by atoms with E-state index in [-0.39, 0.29) is 58.8 Å². The van der Waals surface area contributed by atoms with Crippen molar-refractivity contribution in [3.63, 3.8) is 0 Å². The van der Waals surface area contributed by atoms with E-state index in [4.69, 9.17) is 14.2 Å². The Bertz CT molecular complexity index is 806. The van der Waals surface area contributed by atoms with Crippen LogP contribution in [0.4, 0.5) is 0 Å². The van der Waals surface area contributed by atoms with Crippen LogP contribution < -0.4 is 0 Å². The largest absolute Gasteiger partial charge is 0.462 e. The smallest absolute Gasteiger partial charge is 0.303 e. The highest BCUT2D eigenvalue weighted by Gasteiger charge is 2.65. The molecule has 0 aromatic carbocycles. The fourth-order valence-corrected chi connectivity index (χ4v) is 7.98. The average molecular weight is 463 g/mol. The van der Waals surface area contributed by atoms with Crippen molar-refractivity contribution >= 4 is 11.9 Å². The standard InChI is InChI=1S/C27H42O6/c1-7-23(30)33-22-9-8-19-24-20(31-16(3)28)13-18-12-15(2)10-11-26(18,5)25(24)21(32-17(4)29)14-27(19,22)6/h13,15,19-25,30H,7-12,14H2,1-6H3/t15?,19-,20?,21+,22?,23?,24?,25?,26?,27?/m0/s1. The monoisotopic (exact) mass is 462 g/mol. The first-order valence-corrected chi connectivity index (χ1v) is 12.9. The number of carbonyl (C=O) groups excluding carboxylic acids is 2. The van der Waals surface area contributed by atoms with Crippen LogP contribution in [0.5, 0.6) is 0 Å². The Balaban J connectivity index is 1.80. The fraction of sp³-hybridized carbons (Fsp3) is 0.852. The molecule has 8 unspecified atom stereocenters. The first-order valence-electron chi connectivity index (χ1n) is 12.9. The highest BCUT2D eigenvalue weighted by molar-refractivity contribution is 5.67. The second kappa shape index (κ2) is 8.99. The van der Waals surface area contributed by atoms with Gasteiger partial charge in [-0.25, -0.2) is 0 Å². The molecule has 4 aliphatic rings. The van der Waals surface area contributed by atoms with Gasteiger partial charge in [-0.15, -0.1) is 0 Å². The quantitative estimate of drug-likeness (QED) is 0.360. The lowest BCUT2D eigenvalue weighted by Gasteiger charge is -2.61. The summed E-state index contributed by atoms with van der Waals surface area (Å²) in [5, 5.41) is 10.3. The molecular formula is C27H42O6. The first-order chi connectivity index (χ1) is 15.5. The fourth-order valence-electron chi connectivity index (χ4n) is 7.98. The molecule has 33 heavy (non-hydrogen) atoms. The lowest BCUT2D eigenvalue weighted by atomic mass is 9.46. The van der Waals surface area contributed by atoms with Gasteiger partial charge in [0.25, 0.3) is 0 Å². The van der Waals surface area contributed by atoms with Crippen LogP contribution in [0.3, 0.4) is 0 Å². The van der Waals surface area contributed by atoms with E-state index in [2.05, 4.69) is 26.8 Å². The summed E-state index contributed by atoms with van der Waals surface area (Å²) < 4.78 is 18.2. The number of hydrogen-bond donors (Lipinski definition) is 1. The minimum Gasteiger partial charge on any atom is -0.462 e. The highest BCUT2D eigenvalue weighted by atomic mass is 16.6. The molecule has 0 aromatic rings. The van der Waals surface area contributed by atoms with Gasteiger partial charge in [0.2, 0.25) is 0 Å². The number of fused-ring (bicyclic) bond motifs is 5. The predicted octanol–water partition coefficient (Wildman–Crippen LogP) is 4.78. The zero-order valence-electron chi connectivity index (χ0n) is 21.1. The summed E-state index contributed by atoms with van der Waals surface area (Å²) in [6.07, 6.45) is 7.01. The second-order valence-corrected chi connectivity index (χ2v) is 11.7. The van der Waals surface area contributed by atoms with Crippen LogP contribution in [0, 0.1) is 34.5 Å². The molecule has 0 radical (unpaired) electrons. The second-order valence-electron chi connectivity index (χ2n) is 11.7. The Morgan fingerprint density at radius 1 is 1.15 bits per heavy atom. The van der Waals surface area contributed by atoms with Crippen LogP contribution in [-0.2, 0) is 23.8 Å². The van der Waals surface area contributed by atoms with Crippen molar-refractivity contribution < 1.29 is 28.9 Å². The van der Waals surface area contributed by atoms with Crippen molar-refractivity contribution in [1.29, 1.82) is 0 Å². The van der Waals surface area contributed by atoms with Crippen molar-refractivity contribution in [3.8, 4) is 0 Å². The molecule has 0 heterocycles. The predicted molar refractivity (Wildman–Crippen MR) is 124 cm³/mol. The summed E-state index contributed by atoms with van der Waals surface area (Å²) in [5.41, 5.74) is 1.03. The van der Waals surface area contributed by atoms with E-state index in [1.807, 2.05) is 6.92 Å². The number of aliphatic hydroxyl groups is 1. The molecule has 6 nitrogen and oxygen atoms in total. The highest BCUT2D eigenvalue weighted by Crippen LogP contribution is 2.66. The van der Waals surface area contributed by atoms with Crippen LogP contribution in [-0.4, -0.2) is 41.6 Å². The van der Waals surface area contributed by atoms with Crippen molar-refractivity contribution in [2.24, 2.45) is 34.5 Å². The maximum atomic E-state index is 12.3. The van der Waals surface area contributed by atoms with Crippen LogP contribution in [0.15, 0.2) is 11.6 Å². The zero-order chi connectivity index (χ0) is 24.1. The number of allylic oxidation sites excluding steroid dienone is 1. The summed E-state index contributed by atoms with van der Waals surface area (Å²) in [7, 11) is 0. The Morgan fingerprint density at radius 2 is 1.85 bits per heavy atom. The van der Waals surface area contributed by atoms with Crippen molar-refractivity contribution in [3.05, 3.63) is 11.6 Å². The van der Waals surface area contributed by atoms with Crippen molar-refractivity contribution in [2.45, 2.75) is 111 Å². The Hall–Kier alpha value is -1.40. The van der Waals surface area contributed by atoms with Gasteiger partial charge in [0.05, 0.1) is 6.10 Å². The van der Waals surface area contributed by atoms with Gasteiger partial charge in [-0.2, -0.15) is 0 Å². The molecule has 0 aliphatic heterocycles. The van der Waals surface area contributed by atoms with Crippen LogP contribution in [0.25, 0.3) is 0 Å². The van der Waals surface area contributed by atoms with E-state index >= 15 is 0 Å². The van der Waals surface area contributed by atoms with Gasteiger partial charge in [-0.3, -0.25) is 9.59 Å². The number of hydrogen-bond acceptors (Lipinski definition) is 6. The Kier molecular flexibility index (Phi) is 6.74. The molecule has 3 saturated carbocycles. The van der Waals surface area contributed by atoms with Gasteiger partial charge in [0.1, 0.15) is 12.2 Å². The van der Waals surface area contributed by atoms with Gasteiger partial charge in [0.15, 0.2) is 6.29 Å². The van der Waals surface area contributed by atoms with E-state index < -0.39 is 6.29 Å². The number of esters is 2. The van der Waals surface area contributed by atoms with E-state index in [0.29, 0.717) is 18.8 Å². The van der Waals surface area contributed by atoms with Gasteiger partial charge in [-0.05, 0) is 68.3 Å². The van der Waals surface area contributed by atoms with E-state index in [0.717, 1.165) is 32.1 Å². The molecule has 4 aliphatic carbocycles. The summed E-state index contributed by atoms with van der Waals surface area (Å²) in [6.45, 7) is 11.7. The normalized spacial score (nSPS) is 45.2. The van der Waals surface area contributed by atoms with Gasteiger partial charge in [-0.1, -0.05) is 33.3 Å². The number of ether oxygens (including phenoxy) is 3. The molecule has 10 atom stereocenters. The zero-order valence-corrected chi connectivity index (χ0v) is 21.1. The first kappa shape index (κ1) is 24.7. The molecule has 6 heteroatoms. The summed E-state index contributed by atoms with van der Waals surface area (Å²) in [6, 6.07) is 0. The molecule has 0 bridgehead atoms. The summed E-state index contributed by atoms with van der Waals surface area (Å²) in [5.74, 6) is 0.489. The molecule has 0 saturated heterocycles. The van der Waals surface area contributed by atoms with Gasteiger partial charge >= 0.3 is 11.9 Å². The van der Waals surface area contributed by atoms with Crippen LogP contribution in [0.1, 0.15) is 86.5 Å². The molecule has 1 N–H and O–H groups in total. The number of aliphatic hydroxyl groups excluding tert-OH is 1. The van der Waals surface area contributed by atoms with E-state index in [1.165, 1.54) is 19.4 Å². The average Bonchev–Trinajstić information content (AvgIpc) is 3.03. The van der Waals surface area contributed by atoms with Crippen LogP contribution >= 0.6 is 0 Å². The SMILES string of the molecule is CCC(O)OC1CC[C@H]2C3C(OC(C)=O)C=C4CC(C)CCC4(C)C3[C@H](OC(C)=O)CC12C. The lowest BCUT2D eigenvalue weighted by molar-refractivity contribution is -0.215. The van der Waals surface area contributed by atoms with E-state index in [9.17, 15) is 14.7 Å². The minimum atomic E-state index is -0.796. The summed E-state index contributed by atoms with van der Waals surface area (Å²) in [4.78, 5) is 24.4. The van der Waals surface area contributed by atoms with Gasteiger partial charge in [0, 0.05) is 31.1 Å². The third-order valence-electron chi connectivity index (χ3n) is 9.47. The Morgan fingerprint density at radius 3 is 2.48 bits per heavy atom. The van der Waals surface area contributed by atoms with E-state index in [1.54, 1.807) is 0 Å². The molecule has 3 fully saturated rings.